The van der Waals surface area contributed by atoms with Crippen molar-refractivity contribution in [1.82, 2.24) is 5.32 Å². The molecular formula is C16H23NO. The standard InChI is InChI=1S/C16H23NO/c1-12-5-7-14(8-6-12)16(18)10-13(2)15-4-3-9-17-11-15/h5-8,13,15,17H,3-4,9-11H2,1-2H3. The van der Waals surface area contributed by atoms with E-state index in [1.54, 1.807) is 0 Å². The smallest absolute Gasteiger partial charge is 0.163 e. The van der Waals surface area contributed by atoms with Gasteiger partial charge in [-0.05, 0) is 44.7 Å². The van der Waals surface area contributed by atoms with E-state index in [2.05, 4.69) is 12.2 Å². The molecule has 0 saturated carbocycles. The predicted molar refractivity (Wildman–Crippen MR) is 74.9 cm³/mol. The summed E-state index contributed by atoms with van der Waals surface area (Å²) in [7, 11) is 0. The Bertz CT molecular complexity index is 390. The highest BCUT2D eigenvalue weighted by atomic mass is 16.1. The first-order valence-corrected chi connectivity index (χ1v) is 6.97. The third kappa shape index (κ3) is 3.42. The van der Waals surface area contributed by atoms with Crippen LogP contribution in [0.5, 0.6) is 0 Å². The number of carbonyl (C=O) groups is 1. The summed E-state index contributed by atoms with van der Waals surface area (Å²) in [5.74, 6) is 1.42. The molecule has 0 bridgehead atoms. The molecule has 0 amide bonds. The van der Waals surface area contributed by atoms with E-state index in [-0.39, 0.29) is 5.78 Å². The lowest BCUT2D eigenvalue weighted by atomic mass is 9.83. The Balaban J connectivity index is 1.91. The van der Waals surface area contributed by atoms with E-state index in [1.807, 2.05) is 31.2 Å². The molecular weight excluding hydrogens is 222 g/mol. The highest BCUT2D eigenvalue weighted by molar-refractivity contribution is 5.96. The summed E-state index contributed by atoms with van der Waals surface area (Å²) in [6, 6.07) is 7.92. The number of carbonyl (C=O) groups excluding carboxylic acids is 1. The fourth-order valence-corrected chi connectivity index (χ4v) is 2.68. The van der Waals surface area contributed by atoms with Crippen molar-refractivity contribution in [3.63, 3.8) is 0 Å². The van der Waals surface area contributed by atoms with Gasteiger partial charge in [0.1, 0.15) is 0 Å². The average molecular weight is 245 g/mol. The number of piperidine rings is 1. The van der Waals surface area contributed by atoms with E-state index in [9.17, 15) is 4.79 Å². The Kier molecular flexibility index (Phi) is 4.54. The Hall–Kier alpha value is -1.15. The Morgan fingerprint density at radius 3 is 2.72 bits per heavy atom. The van der Waals surface area contributed by atoms with E-state index >= 15 is 0 Å². The third-order valence-electron chi connectivity index (χ3n) is 4.02. The molecule has 0 radical (unpaired) electrons. The van der Waals surface area contributed by atoms with Gasteiger partial charge in [0.05, 0.1) is 0 Å². The highest BCUT2D eigenvalue weighted by Crippen LogP contribution is 2.24. The Morgan fingerprint density at radius 2 is 2.11 bits per heavy atom. The second-order valence-electron chi connectivity index (χ2n) is 5.58. The molecule has 2 heteroatoms. The average Bonchev–Trinajstić information content (AvgIpc) is 2.40. The normalized spacial score (nSPS) is 21.6. The van der Waals surface area contributed by atoms with Gasteiger partial charge >= 0.3 is 0 Å². The predicted octanol–water partition coefficient (Wildman–Crippen LogP) is 3.20. The number of hydrogen-bond donors (Lipinski definition) is 1. The number of Topliss-reactive ketones (excluding diaryl/α,β-unsaturated/α-hetero) is 1. The molecule has 98 valence electrons. The van der Waals surface area contributed by atoms with Gasteiger partial charge in [-0.15, -0.1) is 0 Å². The Labute approximate surface area is 110 Å². The fraction of sp³-hybridized carbons (Fsp3) is 0.562. The topological polar surface area (TPSA) is 29.1 Å². The van der Waals surface area contributed by atoms with Crippen LogP contribution in [-0.4, -0.2) is 18.9 Å². The maximum atomic E-state index is 12.2. The summed E-state index contributed by atoms with van der Waals surface area (Å²) in [5.41, 5.74) is 2.06. The van der Waals surface area contributed by atoms with Crippen molar-refractivity contribution in [1.29, 1.82) is 0 Å². The molecule has 1 aromatic carbocycles. The molecule has 1 aromatic rings. The first-order chi connectivity index (χ1) is 8.66. The van der Waals surface area contributed by atoms with Gasteiger partial charge in [-0.25, -0.2) is 0 Å². The molecule has 18 heavy (non-hydrogen) atoms. The van der Waals surface area contributed by atoms with Crippen molar-refractivity contribution in [2.45, 2.75) is 33.1 Å². The van der Waals surface area contributed by atoms with Gasteiger partial charge < -0.3 is 5.32 Å². The molecule has 1 saturated heterocycles. The van der Waals surface area contributed by atoms with Crippen LogP contribution >= 0.6 is 0 Å². The van der Waals surface area contributed by atoms with E-state index in [0.29, 0.717) is 18.3 Å². The van der Waals surface area contributed by atoms with Crippen molar-refractivity contribution < 1.29 is 4.79 Å². The summed E-state index contributed by atoms with van der Waals surface area (Å²) in [5, 5.41) is 3.42. The Morgan fingerprint density at radius 1 is 1.39 bits per heavy atom. The van der Waals surface area contributed by atoms with Crippen LogP contribution in [0.15, 0.2) is 24.3 Å². The van der Waals surface area contributed by atoms with Gasteiger partial charge in [0.2, 0.25) is 0 Å². The van der Waals surface area contributed by atoms with Crippen LogP contribution in [0.3, 0.4) is 0 Å². The zero-order valence-electron chi connectivity index (χ0n) is 11.4. The fourth-order valence-electron chi connectivity index (χ4n) is 2.68. The van der Waals surface area contributed by atoms with Crippen LogP contribution in [0, 0.1) is 18.8 Å². The SMILES string of the molecule is Cc1ccc(C(=O)CC(C)C2CCCNC2)cc1. The minimum atomic E-state index is 0.285. The molecule has 2 atom stereocenters. The second kappa shape index (κ2) is 6.14. The van der Waals surface area contributed by atoms with E-state index < -0.39 is 0 Å². The van der Waals surface area contributed by atoms with Crippen LogP contribution < -0.4 is 5.32 Å². The summed E-state index contributed by atoms with van der Waals surface area (Å²) in [4.78, 5) is 12.2. The van der Waals surface area contributed by atoms with Crippen molar-refractivity contribution in [3.05, 3.63) is 35.4 Å². The zero-order chi connectivity index (χ0) is 13.0. The van der Waals surface area contributed by atoms with Crippen LogP contribution in [0.2, 0.25) is 0 Å². The first-order valence-electron chi connectivity index (χ1n) is 6.97. The molecule has 1 aliphatic rings. The third-order valence-corrected chi connectivity index (χ3v) is 4.02. The van der Waals surface area contributed by atoms with Crippen molar-refractivity contribution >= 4 is 5.78 Å². The lowest BCUT2D eigenvalue weighted by Crippen LogP contribution is -2.34. The molecule has 2 rings (SSSR count). The maximum absolute atomic E-state index is 12.2. The van der Waals surface area contributed by atoms with E-state index in [1.165, 1.54) is 18.4 Å². The summed E-state index contributed by atoms with van der Waals surface area (Å²) >= 11 is 0. The summed E-state index contributed by atoms with van der Waals surface area (Å²) in [6.45, 7) is 6.46. The largest absolute Gasteiger partial charge is 0.316 e. The number of rotatable bonds is 4. The van der Waals surface area contributed by atoms with E-state index in [4.69, 9.17) is 0 Å². The van der Waals surface area contributed by atoms with Crippen LogP contribution in [0.4, 0.5) is 0 Å². The molecule has 2 nitrogen and oxygen atoms in total. The van der Waals surface area contributed by atoms with Crippen LogP contribution in [-0.2, 0) is 0 Å². The van der Waals surface area contributed by atoms with Crippen molar-refractivity contribution in [2.75, 3.05) is 13.1 Å². The molecule has 0 spiro atoms. The van der Waals surface area contributed by atoms with E-state index in [0.717, 1.165) is 18.7 Å². The summed E-state index contributed by atoms with van der Waals surface area (Å²) < 4.78 is 0. The number of nitrogens with one attached hydrogen (secondary N) is 1. The molecule has 1 heterocycles. The van der Waals surface area contributed by atoms with Gasteiger partial charge in [-0.3, -0.25) is 4.79 Å². The summed E-state index contributed by atoms with van der Waals surface area (Å²) in [6.07, 6.45) is 3.18. The second-order valence-corrected chi connectivity index (χ2v) is 5.58. The van der Waals surface area contributed by atoms with Gasteiger partial charge in [0.25, 0.3) is 0 Å². The molecule has 1 N–H and O–H groups in total. The van der Waals surface area contributed by atoms with Crippen LogP contribution in [0.1, 0.15) is 42.1 Å². The lowest BCUT2D eigenvalue weighted by molar-refractivity contribution is 0.0943. The van der Waals surface area contributed by atoms with Crippen molar-refractivity contribution in [2.24, 2.45) is 11.8 Å². The monoisotopic (exact) mass is 245 g/mol. The van der Waals surface area contributed by atoms with Crippen LogP contribution in [0.25, 0.3) is 0 Å². The number of ketones is 1. The minimum absolute atomic E-state index is 0.285. The lowest BCUT2D eigenvalue weighted by Gasteiger charge is -2.28. The number of aryl methyl sites for hydroxylation is 1. The van der Waals surface area contributed by atoms with Gasteiger partial charge in [-0.1, -0.05) is 36.8 Å². The maximum Gasteiger partial charge on any atom is 0.163 e. The highest BCUT2D eigenvalue weighted by Gasteiger charge is 2.22. The quantitative estimate of drug-likeness (QED) is 0.825. The zero-order valence-corrected chi connectivity index (χ0v) is 11.4. The molecule has 1 aliphatic heterocycles. The minimum Gasteiger partial charge on any atom is -0.316 e. The van der Waals surface area contributed by atoms with Gasteiger partial charge in [0.15, 0.2) is 5.78 Å². The van der Waals surface area contributed by atoms with Gasteiger partial charge in [0, 0.05) is 12.0 Å². The molecule has 0 aliphatic carbocycles. The molecule has 1 fully saturated rings. The first kappa shape index (κ1) is 13.3. The number of hydrogen-bond acceptors (Lipinski definition) is 2. The molecule has 0 aromatic heterocycles. The molecule has 2 unspecified atom stereocenters. The number of benzene rings is 1. The van der Waals surface area contributed by atoms with Crippen molar-refractivity contribution in [3.8, 4) is 0 Å². The van der Waals surface area contributed by atoms with Gasteiger partial charge in [-0.2, -0.15) is 0 Å².